The highest BCUT2D eigenvalue weighted by molar-refractivity contribution is 5.39. The second-order valence-corrected chi connectivity index (χ2v) is 4.69. The van der Waals surface area contributed by atoms with Crippen molar-refractivity contribution >= 4 is 0 Å². The lowest BCUT2D eigenvalue weighted by Gasteiger charge is -2.32. The maximum absolute atomic E-state index is 9.85. The van der Waals surface area contributed by atoms with E-state index < -0.39 is 0 Å². The molecular weight excluding hydrogens is 226 g/mol. The van der Waals surface area contributed by atoms with Crippen LogP contribution in [0.4, 0.5) is 0 Å². The molecule has 0 aliphatic carbocycles. The third kappa shape index (κ3) is 3.39. The zero-order valence-electron chi connectivity index (χ0n) is 11.9. The Morgan fingerprint density at radius 3 is 2.28 bits per heavy atom. The van der Waals surface area contributed by atoms with Crippen molar-refractivity contribution in [3.05, 3.63) is 23.8 Å². The Morgan fingerprint density at radius 2 is 1.78 bits per heavy atom. The van der Waals surface area contributed by atoms with Gasteiger partial charge in [-0.3, -0.25) is 0 Å². The van der Waals surface area contributed by atoms with Crippen LogP contribution in [0.25, 0.3) is 0 Å². The molecule has 0 saturated heterocycles. The summed E-state index contributed by atoms with van der Waals surface area (Å²) in [6.45, 7) is 7.26. The third-order valence-corrected chi connectivity index (χ3v) is 3.97. The molecular formula is C15H25NO2. The molecule has 18 heavy (non-hydrogen) atoms. The Morgan fingerprint density at radius 1 is 1.17 bits per heavy atom. The summed E-state index contributed by atoms with van der Waals surface area (Å²) < 4.78 is 5.18. The molecule has 0 heterocycles. The smallest absolute Gasteiger partial charge is 0.120 e. The minimum absolute atomic E-state index is 0.162. The summed E-state index contributed by atoms with van der Waals surface area (Å²) in [6.07, 6.45) is 3.26. The third-order valence-electron chi connectivity index (χ3n) is 3.97. The molecule has 0 atom stereocenters. The summed E-state index contributed by atoms with van der Waals surface area (Å²) >= 11 is 0. The first kappa shape index (κ1) is 14.8. The Balaban J connectivity index is 2.78. The SMILES string of the molecule is CCC(CC)(CC)NCc1cc(OC)ccc1O. The zero-order chi connectivity index (χ0) is 13.6. The maximum atomic E-state index is 9.85. The zero-order valence-corrected chi connectivity index (χ0v) is 11.9. The van der Waals surface area contributed by atoms with E-state index in [1.165, 1.54) is 0 Å². The summed E-state index contributed by atoms with van der Waals surface area (Å²) in [7, 11) is 1.64. The minimum Gasteiger partial charge on any atom is -0.508 e. The van der Waals surface area contributed by atoms with E-state index in [4.69, 9.17) is 4.74 Å². The van der Waals surface area contributed by atoms with Crippen LogP contribution in [-0.4, -0.2) is 17.8 Å². The summed E-state index contributed by atoms with van der Waals surface area (Å²) in [5.74, 6) is 1.10. The van der Waals surface area contributed by atoms with Gasteiger partial charge in [0.2, 0.25) is 0 Å². The predicted molar refractivity (Wildman–Crippen MR) is 75.1 cm³/mol. The Bertz CT molecular complexity index is 364. The molecule has 0 amide bonds. The molecule has 0 fully saturated rings. The van der Waals surface area contributed by atoms with Gasteiger partial charge in [0.05, 0.1) is 7.11 Å². The summed E-state index contributed by atoms with van der Waals surface area (Å²) in [5.41, 5.74) is 1.05. The Labute approximate surface area is 110 Å². The van der Waals surface area contributed by atoms with Crippen LogP contribution < -0.4 is 10.1 Å². The van der Waals surface area contributed by atoms with Crippen molar-refractivity contribution in [1.82, 2.24) is 5.32 Å². The van der Waals surface area contributed by atoms with Crippen LogP contribution in [-0.2, 0) is 6.54 Å². The molecule has 0 aliphatic rings. The van der Waals surface area contributed by atoms with Gasteiger partial charge >= 0.3 is 0 Å². The van der Waals surface area contributed by atoms with E-state index in [9.17, 15) is 5.11 Å². The van der Waals surface area contributed by atoms with E-state index >= 15 is 0 Å². The van der Waals surface area contributed by atoms with Gasteiger partial charge in [0.25, 0.3) is 0 Å². The fraction of sp³-hybridized carbons (Fsp3) is 0.600. The van der Waals surface area contributed by atoms with Crippen LogP contribution in [0.15, 0.2) is 18.2 Å². The largest absolute Gasteiger partial charge is 0.508 e. The summed E-state index contributed by atoms with van der Waals surface area (Å²) in [4.78, 5) is 0. The number of methoxy groups -OCH3 is 1. The fourth-order valence-corrected chi connectivity index (χ4v) is 2.24. The first-order valence-corrected chi connectivity index (χ1v) is 6.71. The number of aromatic hydroxyl groups is 1. The first-order chi connectivity index (χ1) is 8.60. The predicted octanol–water partition coefficient (Wildman–Crippen LogP) is 3.46. The lowest BCUT2D eigenvalue weighted by molar-refractivity contribution is 0.286. The molecule has 0 aliphatic heterocycles. The van der Waals surface area contributed by atoms with Gasteiger partial charge in [0, 0.05) is 17.6 Å². The highest BCUT2D eigenvalue weighted by Gasteiger charge is 2.23. The van der Waals surface area contributed by atoms with Gasteiger partial charge in [0.15, 0.2) is 0 Å². The van der Waals surface area contributed by atoms with E-state index in [-0.39, 0.29) is 5.54 Å². The van der Waals surface area contributed by atoms with Gasteiger partial charge in [0.1, 0.15) is 11.5 Å². The topological polar surface area (TPSA) is 41.5 Å². The molecule has 1 aromatic carbocycles. The quantitative estimate of drug-likeness (QED) is 0.779. The van der Waals surface area contributed by atoms with Crippen molar-refractivity contribution in [2.75, 3.05) is 7.11 Å². The van der Waals surface area contributed by atoms with Crippen molar-refractivity contribution in [2.45, 2.75) is 52.1 Å². The molecule has 3 nitrogen and oxygen atoms in total. The molecule has 0 spiro atoms. The van der Waals surface area contributed by atoms with Gasteiger partial charge in [-0.05, 0) is 37.5 Å². The molecule has 0 radical (unpaired) electrons. The number of hydrogen-bond acceptors (Lipinski definition) is 3. The van der Waals surface area contributed by atoms with E-state index in [2.05, 4.69) is 26.1 Å². The van der Waals surface area contributed by atoms with Crippen LogP contribution in [0.1, 0.15) is 45.6 Å². The van der Waals surface area contributed by atoms with E-state index in [0.29, 0.717) is 12.3 Å². The van der Waals surface area contributed by atoms with Crippen LogP contribution in [0, 0.1) is 0 Å². The number of hydrogen-bond donors (Lipinski definition) is 2. The molecule has 1 aromatic rings. The van der Waals surface area contributed by atoms with E-state index in [1.807, 2.05) is 6.07 Å². The fourth-order valence-electron chi connectivity index (χ4n) is 2.24. The molecule has 0 bridgehead atoms. The van der Waals surface area contributed by atoms with Crippen molar-refractivity contribution in [3.63, 3.8) is 0 Å². The summed E-state index contributed by atoms with van der Waals surface area (Å²) in [5, 5.41) is 13.4. The average Bonchev–Trinajstić information content (AvgIpc) is 2.42. The second-order valence-electron chi connectivity index (χ2n) is 4.69. The monoisotopic (exact) mass is 251 g/mol. The van der Waals surface area contributed by atoms with Gasteiger partial charge in [-0.25, -0.2) is 0 Å². The van der Waals surface area contributed by atoms with Crippen LogP contribution in [0.5, 0.6) is 11.5 Å². The van der Waals surface area contributed by atoms with Crippen LogP contribution in [0.3, 0.4) is 0 Å². The number of nitrogens with one attached hydrogen (secondary N) is 1. The molecule has 1 rings (SSSR count). The lowest BCUT2D eigenvalue weighted by atomic mass is 9.89. The van der Waals surface area contributed by atoms with Crippen molar-refractivity contribution < 1.29 is 9.84 Å². The van der Waals surface area contributed by atoms with Crippen molar-refractivity contribution in [3.8, 4) is 11.5 Å². The Kier molecular flexibility index (Phi) is 5.48. The highest BCUT2D eigenvalue weighted by Crippen LogP contribution is 2.25. The molecule has 2 N–H and O–H groups in total. The Hall–Kier alpha value is -1.22. The molecule has 3 heteroatoms. The molecule has 0 unspecified atom stereocenters. The van der Waals surface area contributed by atoms with Gasteiger partial charge < -0.3 is 15.2 Å². The number of ether oxygens (including phenoxy) is 1. The van der Waals surface area contributed by atoms with Crippen molar-refractivity contribution in [2.24, 2.45) is 0 Å². The van der Waals surface area contributed by atoms with Crippen LogP contribution >= 0.6 is 0 Å². The number of benzene rings is 1. The molecule has 0 saturated carbocycles. The highest BCUT2D eigenvalue weighted by atomic mass is 16.5. The average molecular weight is 251 g/mol. The van der Waals surface area contributed by atoms with Crippen LogP contribution in [0.2, 0.25) is 0 Å². The number of phenolic OH excluding ortho intramolecular Hbond substituents is 1. The molecule has 102 valence electrons. The van der Waals surface area contributed by atoms with E-state index in [0.717, 1.165) is 30.6 Å². The number of phenols is 1. The molecule has 0 aromatic heterocycles. The normalized spacial score (nSPS) is 11.6. The van der Waals surface area contributed by atoms with Crippen molar-refractivity contribution in [1.29, 1.82) is 0 Å². The first-order valence-electron chi connectivity index (χ1n) is 6.71. The second kappa shape index (κ2) is 6.64. The number of rotatable bonds is 7. The van der Waals surface area contributed by atoms with Gasteiger partial charge in [-0.15, -0.1) is 0 Å². The minimum atomic E-state index is 0.162. The standard InChI is InChI=1S/C15H25NO2/c1-5-15(6-2,7-3)16-11-12-10-13(18-4)8-9-14(12)17/h8-10,16-17H,5-7,11H2,1-4H3. The van der Waals surface area contributed by atoms with Gasteiger partial charge in [-0.1, -0.05) is 20.8 Å². The van der Waals surface area contributed by atoms with Gasteiger partial charge in [-0.2, -0.15) is 0 Å². The maximum Gasteiger partial charge on any atom is 0.120 e. The summed E-state index contributed by atoms with van der Waals surface area (Å²) in [6, 6.07) is 5.33. The lowest BCUT2D eigenvalue weighted by Crippen LogP contribution is -2.43. The van der Waals surface area contributed by atoms with E-state index in [1.54, 1.807) is 19.2 Å².